The maximum absolute atomic E-state index is 11.8. The van der Waals surface area contributed by atoms with Crippen LogP contribution in [0, 0.1) is 6.92 Å². The van der Waals surface area contributed by atoms with Crippen molar-refractivity contribution in [2.75, 3.05) is 0 Å². The molecular weight excluding hydrogens is 348 g/mol. The van der Waals surface area contributed by atoms with Gasteiger partial charge in [-0.3, -0.25) is 4.98 Å². The Morgan fingerprint density at radius 1 is 1.08 bits per heavy atom. The van der Waals surface area contributed by atoms with Crippen molar-refractivity contribution in [3.8, 4) is 11.5 Å². The molecule has 1 unspecified atom stereocenters. The summed E-state index contributed by atoms with van der Waals surface area (Å²) < 4.78 is 27.3. The van der Waals surface area contributed by atoms with Gasteiger partial charge in [-0.25, -0.2) is 4.21 Å². The Kier molecular flexibility index (Phi) is 6.12. The molecule has 0 fully saturated rings. The molecule has 134 valence electrons. The lowest BCUT2D eigenvalue weighted by atomic mass is 10.1. The van der Waals surface area contributed by atoms with Crippen molar-refractivity contribution in [1.82, 2.24) is 10.3 Å². The lowest BCUT2D eigenvalue weighted by molar-refractivity contribution is 0.477. The van der Waals surface area contributed by atoms with E-state index >= 15 is 0 Å². The number of pyridine rings is 1. The molecule has 2 aromatic carbocycles. The molecule has 6 heteroatoms. The fourth-order valence-electron chi connectivity index (χ4n) is 2.73. The zero-order chi connectivity index (χ0) is 18.4. The number of rotatable bonds is 7. The summed E-state index contributed by atoms with van der Waals surface area (Å²) in [6, 6.07) is 17.2. The van der Waals surface area contributed by atoms with Crippen LogP contribution in [0.5, 0.6) is 11.5 Å². The van der Waals surface area contributed by atoms with Gasteiger partial charge in [0.2, 0.25) is 0 Å². The van der Waals surface area contributed by atoms with Gasteiger partial charge in [-0.1, -0.05) is 30.3 Å². The van der Waals surface area contributed by atoms with Crippen LogP contribution >= 0.6 is 0 Å². The molecule has 0 bridgehead atoms. The average molecular weight is 368 g/mol. The van der Waals surface area contributed by atoms with E-state index < -0.39 is 11.1 Å². The van der Waals surface area contributed by atoms with Crippen molar-refractivity contribution in [2.24, 2.45) is 0 Å². The molecule has 3 rings (SSSR count). The van der Waals surface area contributed by atoms with Gasteiger partial charge in [-0.15, -0.1) is 0 Å². The van der Waals surface area contributed by atoms with Crippen LogP contribution in [-0.4, -0.2) is 13.7 Å². The van der Waals surface area contributed by atoms with Gasteiger partial charge in [0.1, 0.15) is 11.5 Å². The SMILES string of the molecule is Cc1cc(Oc2cccnc2)cc(CNCc2ccccc2)c1S(=O)O. The minimum Gasteiger partial charge on any atom is -0.456 e. The van der Waals surface area contributed by atoms with Crippen LogP contribution in [0.25, 0.3) is 0 Å². The van der Waals surface area contributed by atoms with Gasteiger partial charge in [0.05, 0.1) is 11.1 Å². The van der Waals surface area contributed by atoms with Gasteiger partial charge in [0.25, 0.3) is 0 Å². The van der Waals surface area contributed by atoms with Gasteiger partial charge in [-0.05, 0) is 47.9 Å². The molecule has 2 N–H and O–H groups in total. The van der Waals surface area contributed by atoms with Crippen LogP contribution in [0.2, 0.25) is 0 Å². The molecule has 26 heavy (non-hydrogen) atoms. The van der Waals surface area contributed by atoms with Gasteiger partial charge in [-0.2, -0.15) is 0 Å². The molecule has 0 saturated carbocycles. The maximum atomic E-state index is 11.8. The highest BCUT2D eigenvalue weighted by Crippen LogP contribution is 2.28. The zero-order valence-corrected chi connectivity index (χ0v) is 15.2. The first-order valence-corrected chi connectivity index (χ1v) is 9.31. The van der Waals surface area contributed by atoms with Crippen LogP contribution in [-0.2, 0) is 24.2 Å². The van der Waals surface area contributed by atoms with E-state index in [2.05, 4.69) is 10.3 Å². The van der Waals surface area contributed by atoms with E-state index in [-0.39, 0.29) is 0 Å². The minimum atomic E-state index is -2.06. The Morgan fingerprint density at radius 3 is 2.58 bits per heavy atom. The average Bonchev–Trinajstić information content (AvgIpc) is 2.63. The molecule has 1 heterocycles. The topological polar surface area (TPSA) is 71.5 Å². The standard InChI is InChI=1S/C20H20N2O3S/c1-15-10-19(25-18-8-5-9-21-14-18)11-17(20(15)26(23)24)13-22-12-16-6-3-2-4-7-16/h2-11,14,22H,12-13H2,1H3,(H,23,24). The lowest BCUT2D eigenvalue weighted by Crippen LogP contribution is -2.15. The van der Waals surface area contributed by atoms with Crippen molar-refractivity contribution < 1.29 is 13.5 Å². The largest absolute Gasteiger partial charge is 0.456 e. The molecule has 5 nitrogen and oxygen atoms in total. The zero-order valence-electron chi connectivity index (χ0n) is 14.4. The van der Waals surface area contributed by atoms with E-state index in [1.807, 2.05) is 36.4 Å². The van der Waals surface area contributed by atoms with Crippen molar-refractivity contribution >= 4 is 11.1 Å². The van der Waals surface area contributed by atoms with Gasteiger partial charge < -0.3 is 14.6 Å². The normalized spacial score (nSPS) is 11.9. The number of aromatic nitrogens is 1. The Hall–Kier alpha value is -2.54. The van der Waals surface area contributed by atoms with E-state index in [1.54, 1.807) is 37.5 Å². The van der Waals surface area contributed by atoms with Gasteiger partial charge >= 0.3 is 0 Å². The summed E-state index contributed by atoms with van der Waals surface area (Å²) in [5, 5.41) is 3.32. The van der Waals surface area contributed by atoms with Crippen LogP contribution in [0.4, 0.5) is 0 Å². The highest BCUT2D eigenvalue weighted by molar-refractivity contribution is 7.79. The lowest BCUT2D eigenvalue weighted by Gasteiger charge is -2.14. The molecule has 0 aliphatic heterocycles. The number of nitrogens with zero attached hydrogens (tertiary/aromatic N) is 1. The smallest absolute Gasteiger partial charge is 0.187 e. The molecule has 0 amide bonds. The molecule has 0 aliphatic rings. The molecule has 0 radical (unpaired) electrons. The van der Waals surface area contributed by atoms with Gasteiger partial charge in [0, 0.05) is 19.3 Å². The molecule has 3 aromatic rings. The van der Waals surface area contributed by atoms with Crippen LogP contribution < -0.4 is 10.1 Å². The predicted octanol–water partition coefficient (Wildman–Crippen LogP) is 4.05. The second-order valence-electron chi connectivity index (χ2n) is 5.86. The minimum absolute atomic E-state index is 0.420. The third-order valence-electron chi connectivity index (χ3n) is 3.86. The number of nitrogens with one attached hydrogen (secondary N) is 1. The summed E-state index contributed by atoms with van der Waals surface area (Å²) in [6.45, 7) is 2.94. The fraction of sp³-hybridized carbons (Fsp3) is 0.150. The summed E-state index contributed by atoms with van der Waals surface area (Å²) in [5.74, 6) is 1.23. The summed E-state index contributed by atoms with van der Waals surface area (Å²) in [6.07, 6.45) is 3.30. The second-order valence-corrected chi connectivity index (χ2v) is 6.76. The Balaban J connectivity index is 1.80. The summed E-state index contributed by atoms with van der Waals surface area (Å²) >= 11 is -2.06. The number of hydrogen-bond donors (Lipinski definition) is 2. The van der Waals surface area contributed by atoms with E-state index in [1.165, 1.54) is 0 Å². The van der Waals surface area contributed by atoms with Crippen molar-refractivity contribution in [1.29, 1.82) is 0 Å². The summed E-state index contributed by atoms with van der Waals surface area (Å²) in [5.41, 5.74) is 2.60. The van der Waals surface area contributed by atoms with E-state index in [0.717, 1.165) is 11.1 Å². The Bertz CT molecular complexity index is 886. The summed E-state index contributed by atoms with van der Waals surface area (Å²) in [4.78, 5) is 4.45. The first-order chi connectivity index (χ1) is 12.6. The number of aryl methyl sites for hydroxylation is 1. The number of benzene rings is 2. The Labute approximate surface area is 155 Å². The predicted molar refractivity (Wildman–Crippen MR) is 102 cm³/mol. The molecule has 1 atom stereocenters. The van der Waals surface area contributed by atoms with Gasteiger partial charge in [0.15, 0.2) is 11.1 Å². The van der Waals surface area contributed by atoms with Crippen LogP contribution in [0.15, 0.2) is 71.9 Å². The monoisotopic (exact) mass is 368 g/mol. The summed E-state index contributed by atoms with van der Waals surface area (Å²) in [7, 11) is 0. The van der Waals surface area contributed by atoms with Crippen molar-refractivity contribution in [3.63, 3.8) is 0 Å². The highest BCUT2D eigenvalue weighted by atomic mass is 32.2. The van der Waals surface area contributed by atoms with Crippen molar-refractivity contribution in [2.45, 2.75) is 24.9 Å². The first kappa shape index (κ1) is 18.3. The number of hydrogen-bond acceptors (Lipinski definition) is 4. The number of ether oxygens (including phenoxy) is 1. The molecule has 0 saturated heterocycles. The first-order valence-electron chi connectivity index (χ1n) is 8.20. The molecule has 0 spiro atoms. The Morgan fingerprint density at radius 2 is 1.88 bits per heavy atom. The molecule has 1 aromatic heterocycles. The molecular formula is C20H20N2O3S. The van der Waals surface area contributed by atoms with Crippen molar-refractivity contribution in [3.05, 3.63) is 83.7 Å². The van der Waals surface area contributed by atoms with Crippen LogP contribution in [0.1, 0.15) is 16.7 Å². The third kappa shape index (κ3) is 4.76. The van der Waals surface area contributed by atoms with E-state index in [0.29, 0.717) is 35.0 Å². The highest BCUT2D eigenvalue weighted by Gasteiger charge is 2.14. The van der Waals surface area contributed by atoms with E-state index in [4.69, 9.17) is 4.74 Å². The third-order valence-corrected chi connectivity index (χ3v) is 4.79. The molecule has 0 aliphatic carbocycles. The fourth-order valence-corrected chi connectivity index (χ4v) is 3.42. The van der Waals surface area contributed by atoms with E-state index in [9.17, 15) is 8.76 Å². The quantitative estimate of drug-likeness (QED) is 0.616. The van der Waals surface area contributed by atoms with Crippen LogP contribution in [0.3, 0.4) is 0 Å². The maximum Gasteiger partial charge on any atom is 0.187 e. The second kappa shape index (κ2) is 8.71.